The summed E-state index contributed by atoms with van der Waals surface area (Å²) in [5.74, 6) is 0. The predicted octanol–water partition coefficient (Wildman–Crippen LogP) is 2.28. The molecule has 1 aliphatic heterocycles. The van der Waals surface area contributed by atoms with Crippen molar-refractivity contribution in [1.82, 2.24) is 10.2 Å². The van der Waals surface area contributed by atoms with Crippen molar-refractivity contribution in [2.24, 2.45) is 5.73 Å². The van der Waals surface area contributed by atoms with E-state index in [1.165, 1.54) is 64.6 Å². The molecule has 1 heterocycles. The summed E-state index contributed by atoms with van der Waals surface area (Å²) in [4.78, 5) is 2.58. The largest absolute Gasteiger partial charge is 0.329 e. The van der Waals surface area contributed by atoms with E-state index in [0.717, 1.165) is 13.1 Å². The Morgan fingerprint density at radius 2 is 2.16 bits per heavy atom. The summed E-state index contributed by atoms with van der Waals surface area (Å²) in [6, 6.07) is 0. The van der Waals surface area contributed by atoms with Gasteiger partial charge in [0.25, 0.3) is 0 Å². The summed E-state index contributed by atoms with van der Waals surface area (Å²) in [6.07, 6.45) is 11.3. The van der Waals surface area contributed by atoms with E-state index < -0.39 is 0 Å². The van der Waals surface area contributed by atoms with Gasteiger partial charge in [-0.2, -0.15) is 0 Å². The van der Waals surface area contributed by atoms with Crippen molar-refractivity contribution in [3.8, 4) is 0 Å². The Labute approximate surface area is 118 Å². The molecule has 0 saturated carbocycles. The Bertz CT molecular complexity index is 290. The van der Waals surface area contributed by atoms with Gasteiger partial charge in [-0.1, -0.05) is 18.6 Å². The molecule has 0 bridgehead atoms. The summed E-state index contributed by atoms with van der Waals surface area (Å²) < 4.78 is 0. The molecular weight excluding hydrogens is 234 g/mol. The van der Waals surface area contributed by atoms with E-state index >= 15 is 0 Å². The van der Waals surface area contributed by atoms with E-state index in [0.29, 0.717) is 0 Å². The zero-order valence-corrected chi connectivity index (χ0v) is 12.6. The number of likely N-dealkylation sites (tertiary alicyclic amines) is 1. The van der Waals surface area contributed by atoms with E-state index in [4.69, 9.17) is 5.73 Å². The molecule has 2 rings (SSSR count). The van der Waals surface area contributed by atoms with Crippen molar-refractivity contribution in [3.05, 3.63) is 11.6 Å². The van der Waals surface area contributed by atoms with E-state index in [2.05, 4.69) is 23.2 Å². The molecule has 0 aromatic heterocycles. The third-order valence-electron chi connectivity index (χ3n) is 4.82. The van der Waals surface area contributed by atoms with Crippen molar-refractivity contribution in [2.45, 2.75) is 57.4 Å². The maximum Gasteiger partial charge on any atom is 0.0328 e. The van der Waals surface area contributed by atoms with Crippen LogP contribution in [-0.4, -0.2) is 43.2 Å². The molecule has 0 aromatic carbocycles. The van der Waals surface area contributed by atoms with Gasteiger partial charge in [0.05, 0.1) is 0 Å². The van der Waals surface area contributed by atoms with Gasteiger partial charge in [-0.3, -0.25) is 0 Å². The van der Waals surface area contributed by atoms with Gasteiger partial charge in [0.1, 0.15) is 0 Å². The second kappa shape index (κ2) is 7.41. The number of hydrogen-bond acceptors (Lipinski definition) is 3. The molecule has 110 valence electrons. The fourth-order valence-electron chi connectivity index (χ4n) is 3.43. The maximum absolute atomic E-state index is 6.06. The first kappa shape index (κ1) is 15.0. The van der Waals surface area contributed by atoms with Gasteiger partial charge in [0.15, 0.2) is 0 Å². The topological polar surface area (TPSA) is 41.3 Å². The van der Waals surface area contributed by atoms with Gasteiger partial charge in [0, 0.05) is 12.1 Å². The average Bonchev–Trinajstić information content (AvgIpc) is 2.95. The molecule has 0 radical (unpaired) electrons. The second-order valence-electron chi connectivity index (χ2n) is 6.26. The highest BCUT2D eigenvalue weighted by molar-refractivity contribution is 5.08. The number of nitrogens with two attached hydrogens (primary N) is 1. The Balaban J connectivity index is 1.73. The van der Waals surface area contributed by atoms with Crippen LogP contribution in [0.4, 0.5) is 0 Å². The number of rotatable bonds is 7. The molecule has 0 unspecified atom stereocenters. The summed E-state index contributed by atoms with van der Waals surface area (Å²) in [5, 5.41) is 3.78. The molecule has 1 saturated heterocycles. The minimum Gasteiger partial charge on any atom is -0.329 e. The lowest BCUT2D eigenvalue weighted by Crippen LogP contribution is -2.57. The summed E-state index contributed by atoms with van der Waals surface area (Å²) in [5.41, 5.74) is 7.92. The minimum absolute atomic E-state index is 0.212. The second-order valence-corrected chi connectivity index (χ2v) is 6.26. The van der Waals surface area contributed by atoms with Crippen LogP contribution >= 0.6 is 0 Å². The molecule has 3 nitrogen and oxygen atoms in total. The first-order chi connectivity index (χ1) is 9.28. The highest BCUT2D eigenvalue weighted by Gasteiger charge is 2.32. The van der Waals surface area contributed by atoms with Crippen LogP contribution in [0.15, 0.2) is 11.6 Å². The van der Waals surface area contributed by atoms with Crippen LogP contribution in [0.2, 0.25) is 0 Å². The number of hydrogen-bond donors (Lipinski definition) is 2. The van der Waals surface area contributed by atoms with Crippen molar-refractivity contribution in [3.63, 3.8) is 0 Å². The molecule has 0 atom stereocenters. The summed E-state index contributed by atoms with van der Waals surface area (Å²) in [7, 11) is 0. The van der Waals surface area contributed by atoms with Gasteiger partial charge in [-0.15, -0.1) is 0 Å². The van der Waals surface area contributed by atoms with E-state index in [1.807, 2.05) is 0 Å². The number of nitrogens with one attached hydrogen (secondary N) is 1. The van der Waals surface area contributed by atoms with E-state index in [9.17, 15) is 0 Å². The Hall–Kier alpha value is -0.380. The number of nitrogens with zero attached hydrogens (tertiary/aromatic N) is 1. The molecular formula is C16H31N3. The third-order valence-corrected chi connectivity index (χ3v) is 4.82. The van der Waals surface area contributed by atoms with Crippen molar-refractivity contribution in [2.75, 3.05) is 32.7 Å². The van der Waals surface area contributed by atoms with Crippen LogP contribution in [0.5, 0.6) is 0 Å². The molecule has 2 aliphatic rings. The van der Waals surface area contributed by atoms with E-state index in [1.54, 1.807) is 5.57 Å². The molecule has 1 fully saturated rings. The quantitative estimate of drug-likeness (QED) is 0.694. The van der Waals surface area contributed by atoms with Crippen LogP contribution in [-0.2, 0) is 0 Å². The Morgan fingerprint density at radius 3 is 2.74 bits per heavy atom. The summed E-state index contributed by atoms with van der Waals surface area (Å²) >= 11 is 0. The molecule has 3 heteroatoms. The van der Waals surface area contributed by atoms with Crippen molar-refractivity contribution in [1.29, 1.82) is 0 Å². The lowest BCUT2D eigenvalue weighted by Gasteiger charge is -2.42. The maximum atomic E-state index is 6.06. The van der Waals surface area contributed by atoms with Gasteiger partial charge in [-0.25, -0.2) is 0 Å². The lowest BCUT2D eigenvalue weighted by atomic mass is 9.87. The minimum atomic E-state index is 0.212. The average molecular weight is 265 g/mol. The molecule has 0 aromatic rings. The van der Waals surface area contributed by atoms with Crippen LogP contribution < -0.4 is 11.1 Å². The van der Waals surface area contributed by atoms with Crippen molar-refractivity contribution < 1.29 is 0 Å². The predicted molar refractivity (Wildman–Crippen MR) is 82.3 cm³/mol. The first-order valence-electron chi connectivity index (χ1n) is 8.13. The van der Waals surface area contributed by atoms with Crippen LogP contribution in [0.3, 0.4) is 0 Å². The fraction of sp³-hybridized carbons (Fsp3) is 0.875. The Kier molecular flexibility index (Phi) is 5.86. The smallest absolute Gasteiger partial charge is 0.0328 e. The number of piperidine rings is 1. The molecule has 0 spiro atoms. The molecule has 19 heavy (non-hydrogen) atoms. The Morgan fingerprint density at radius 1 is 1.37 bits per heavy atom. The molecule has 0 amide bonds. The molecule has 3 N–H and O–H groups in total. The zero-order chi connectivity index (χ0) is 13.6. The highest BCUT2D eigenvalue weighted by atomic mass is 15.2. The molecule has 1 aliphatic carbocycles. The van der Waals surface area contributed by atoms with Gasteiger partial charge >= 0.3 is 0 Å². The van der Waals surface area contributed by atoms with Crippen molar-refractivity contribution >= 4 is 0 Å². The van der Waals surface area contributed by atoms with Crippen LogP contribution in [0.25, 0.3) is 0 Å². The van der Waals surface area contributed by atoms with Gasteiger partial charge in [-0.05, 0) is 71.1 Å². The fourth-order valence-corrected chi connectivity index (χ4v) is 3.43. The third kappa shape index (κ3) is 4.30. The van der Waals surface area contributed by atoms with Crippen LogP contribution in [0, 0.1) is 0 Å². The zero-order valence-electron chi connectivity index (χ0n) is 12.6. The lowest BCUT2D eigenvalue weighted by molar-refractivity contribution is 0.140. The normalized spacial score (nSPS) is 23.6. The monoisotopic (exact) mass is 265 g/mol. The van der Waals surface area contributed by atoms with Gasteiger partial charge in [0.2, 0.25) is 0 Å². The highest BCUT2D eigenvalue weighted by Crippen LogP contribution is 2.23. The standard InChI is InChI=1S/C16H31N3/c1-2-11-19-12-8-16(14-17,9-13-19)18-10-7-15-5-3-4-6-15/h5,18H,2-4,6-14,17H2,1H3. The van der Waals surface area contributed by atoms with Crippen LogP contribution in [0.1, 0.15) is 51.9 Å². The SMILES string of the molecule is CCCN1CCC(CN)(NCCC2=CCCC2)CC1. The number of allylic oxidation sites excluding steroid dienone is 1. The van der Waals surface area contributed by atoms with Gasteiger partial charge < -0.3 is 16.0 Å². The first-order valence-corrected chi connectivity index (χ1v) is 8.13. The summed E-state index contributed by atoms with van der Waals surface area (Å²) in [6.45, 7) is 7.82. The van der Waals surface area contributed by atoms with E-state index in [-0.39, 0.29) is 5.54 Å².